The number of fused-ring (bicyclic) bond motifs is 5. The third kappa shape index (κ3) is 2.94. The minimum absolute atomic E-state index is 0.0984. The van der Waals surface area contributed by atoms with Gasteiger partial charge in [0.25, 0.3) is 5.56 Å². The molecular formula is C22H22N2O4. The molecule has 3 aromatic rings. The Morgan fingerprint density at radius 2 is 2.00 bits per heavy atom. The Morgan fingerprint density at radius 1 is 1.11 bits per heavy atom. The van der Waals surface area contributed by atoms with Crippen LogP contribution in [0.3, 0.4) is 0 Å². The van der Waals surface area contributed by atoms with E-state index in [1.54, 1.807) is 25.3 Å². The van der Waals surface area contributed by atoms with Gasteiger partial charge in [0.2, 0.25) is 0 Å². The molecule has 2 aliphatic rings. The molecule has 5 rings (SSSR count). The zero-order chi connectivity index (χ0) is 19.3. The van der Waals surface area contributed by atoms with Crippen molar-refractivity contribution in [3.63, 3.8) is 0 Å². The number of likely N-dealkylation sites (tertiary alicyclic amines) is 1. The van der Waals surface area contributed by atoms with Gasteiger partial charge in [-0.15, -0.1) is 0 Å². The fraction of sp³-hybridized carbons (Fsp3) is 0.364. The molecule has 2 bridgehead atoms. The molecular weight excluding hydrogens is 356 g/mol. The summed E-state index contributed by atoms with van der Waals surface area (Å²) in [7, 11) is 1.60. The maximum absolute atomic E-state index is 12.2. The highest BCUT2D eigenvalue weighted by Crippen LogP contribution is 2.36. The molecule has 2 atom stereocenters. The van der Waals surface area contributed by atoms with E-state index in [1.807, 2.05) is 22.8 Å². The summed E-state index contributed by atoms with van der Waals surface area (Å²) in [6.07, 6.45) is 1.12. The number of hydrogen-bond donors (Lipinski definition) is 0. The van der Waals surface area contributed by atoms with Crippen molar-refractivity contribution in [1.29, 1.82) is 0 Å². The van der Waals surface area contributed by atoms with E-state index in [2.05, 4.69) is 11.0 Å². The smallest absolute Gasteiger partial charge is 0.336 e. The van der Waals surface area contributed by atoms with Gasteiger partial charge in [0.1, 0.15) is 11.3 Å². The molecule has 0 unspecified atom stereocenters. The van der Waals surface area contributed by atoms with Crippen LogP contribution in [0.4, 0.5) is 0 Å². The van der Waals surface area contributed by atoms with Crippen molar-refractivity contribution >= 4 is 11.0 Å². The third-order valence-corrected chi connectivity index (χ3v) is 5.99. The van der Waals surface area contributed by atoms with Crippen LogP contribution in [-0.4, -0.2) is 29.7 Å². The number of benzene rings is 1. The molecule has 0 N–H and O–H groups in total. The molecule has 2 aliphatic heterocycles. The van der Waals surface area contributed by atoms with Crippen molar-refractivity contribution in [2.45, 2.75) is 25.4 Å². The molecule has 0 saturated carbocycles. The molecule has 1 fully saturated rings. The third-order valence-electron chi connectivity index (χ3n) is 5.99. The molecule has 6 heteroatoms. The van der Waals surface area contributed by atoms with Crippen molar-refractivity contribution in [3.05, 3.63) is 74.5 Å². The Labute approximate surface area is 162 Å². The van der Waals surface area contributed by atoms with Crippen LogP contribution in [0.5, 0.6) is 5.75 Å². The predicted molar refractivity (Wildman–Crippen MR) is 106 cm³/mol. The van der Waals surface area contributed by atoms with Crippen LogP contribution in [0.2, 0.25) is 0 Å². The van der Waals surface area contributed by atoms with E-state index in [1.165, 1.54) is 0 Å². The Balaban J connectivity index is 1.47. The standard InChI is InChI=1S/C22H22N2O4/c1-27-17-5-6-18-15(8-22(26)28-20(18)9-17)12-23-10-14-7-16(13-23)19-3-2-4-21(25)24(19)11-14/h2-6,8-9,14,16H,7,10-13H2,1H3/t14-,16-/m0/s1. The first-order valence-corrected chi connectivity index (χ1v) is 9.63. The van der Waals surface area contributed by atoms with Crippen molar-refractivity contribution in [2.24, 2.45) is 5.92 Å². The maximum atomic E-state index is 12.2. The molecule has 144 valence electrons. The monoisotopic (exact) mass is 378 g/mol. The maximum Gasteiger partial charge on any atom is 0.336 e. The van der Waals surface area contributed by atoms with Crippen LogP contribution in [0.15, 0.2) is 56.5 Å². The Morgan fingerprint density at radius 3 is 2.86 bits per heavy atom. The van der Waals surface area contributed by atoms with Crippen LogP contribution in [0.1, 0.15) is 23.6 Å². The van der Waals surface area contributed by atoms with E-state index in [4.69, 9.17) is 9.15 Å². The Bertz CT molecular complexity index is 1160. The molecule has 28 heavy (non-hydrogen) atoms. The van der Waals surface area contributed by atoms with Gasteiger partial charge >= 0.3 is 5.63 Å². The van der Waals surface area contributed by atoms with Crippen molar-refractivity contribution in [1.82, 2.24) is 9.47 Å². The predicted octanol–water partition coefficient (Wildman–Crippen LogP) is 2.58. The van der Waals surface area contributed by atoms with Crippen molar-refractivity contribution in [3.8, 4) is 5.75 Å². The van der Waals surface area contributed by atoms with Crippen LogP contribution >= 0.6 is 0 Å². The fourth-order valence-electron chi connectivity index (χ4n) is 4.83. The highest BCUT2D eigenvalue weighted by atomic mass is 16.5. The second kappa shape index (κ2) is 6.63. The number of hydrogen-bond acceptors (Lipinski definition) is 5. The summed E-state index contributed by atoms with van der Waals surface area (Å²) in [4.78, 5) is 26.7. The number of rotatable bonds is 3. The zero-order valence-electron chi connectivity index (χ0n) is 15.8. The number of ether oxygens (including phenoxy) is 1. The van der Waals surface area contributed by atoms with Crippen LogP contribution in [0, 0.1) is 5.92 Å². The first-order chi connectivity index (χ1) is 13.6. The van der Waals surface area contributed by atoms with Gasteiger partial charge in [0.15, 0.2) is 0 Å². The molecule has 2 aromatic heterocycles. The Kier molecular flexibility index (Phi) is 4.09. The summed E-state index contributed by atoms with van der Waals surface area (Å²) in [6, 6.07) is 12.8. The second-order valence-corrected chi connectivity index (χ2v) is 7.84. The second-order valence-electron chi connectivity index (χ2n) is 7.84. The summed E-state index contributed by atoms with van der Waals surface area (Å²) < 4.78 is 12.6. The van der Waals surface area contributed by atoms with Gasteiger partial charge in [-0.1, -0.05) is 6.07 Å². The lowest BCUT2D eigenvalue weighted by atomic mass is 9.83. The van der Waals surface area contributed by atoms with E-state index >= 15 is 0 Å². The number of nitrogens with zero attached hydrogens (tertiary/aromatic N) is 2. The van der Waals surface area contributed by atoms with Crippen molar-refractivity contribution in [2.75, 3.05) is 20.2 Å². The zero-order valence-corrected chi connectivity index (χ0v) is 15.8. The number of aromatic nitrogens is 1. The minimum atomic E-state index is -0.343. The number of methoxy groups -OCH3 is 1. The Hall–Kier alpha value is -2.86. The first-order valence-electron chi connectivity index (χ1n) is 9.63. The molecule has 0 aliphatic carbocycles. The molecule has 0 radical (unpaired) electrons. The summed E-state index contributed by atoms with van der Waals surface area (Å²) >= 11 is 0. The molecule has 0 amide bonds. The average Bonchev–Trinajstić information content (AvgIpc) is 2.68. The number of piperidine rings is 1. The molecule has 4 heterocycles. The largest absolute Gasteiger partial charge is 0.497 e. The minimum Gasteiger partial charge on any atom is -0.497 e. The van der Waals surface area contributed by atoms with Gasteiger partial charge in [0.05, 0.1) is 7.11 Å². The molecule has 1 aromatic carbocycles. The molecule has 0 spiro atoms. The van der Waals surface area contributed by atoms with Gasteiger partial charge in [-0.05, 0) is 36.1 Å². The van der Waals surface area contributed by atoms with Gasteiger partial charge in [0, 0.05) is 61.4 Å². The van der Waals surface area contributed by atoms with Gasteiger partial charge in [-0.3, -0.25) is 9.69 Å². The fourth-order valence-corrected chi connectivity index (χ4v) is 4.83. The normalized spacial score (nSPS) is 21.5. The molecule has 6 nitrogen and oxygen atoms in total. The summed E-state index contributed by atoms with van der Waals surface area (Å²) in [5, 5.41) is 0.938. The van der Waals surface area contributed by atoms with E-state index in [-0.39, 0.29) is 11.2 Å². The highest BCUT2D eigenvalue weighted by molar-refractivity contribution is 5.81. The summed E-state index contributed by atoms with van der Waals surface area (Å²) in [5.41, 5.74) is 2.41. The SMILES string of the molecule is COc1ccc2c(CN3C[C@@H]4C[C@@H](C3)c3cccc(=O)n3C4)cc(=O)oc2c1. The van der Waals surface area contributed by atoms with Gasteiger partial charge in [-0.2, -0.15) is 0 Å². The molecule has 1 saturated heterocycles. The van der Waals surface area contributed by atoms with E-state index < -0.39 is 0 Å². The van der Waals surface area contributed by atoms with Gasteiger partial charge < -0.3 is 13.7 Å². The van der Waals surface area contributed by atoms with E-state index in [0.717, 1.165) is 42.7 Å². The van der Waals surface area contributed by atoms with Gasteiger partial charge in [-0.25, -0.2) is 4.79 Å². The number of pyridine rings is 1. The topological polar surface area (TPSA) is 64.7 Å². The summed E-state index contributed by atoms with van der Waals surface area (Å²) in [6.45, 7) is 3.28. The van der Waals surface area contributed by atoms with E-state index in [9.17, 15) is 9.59 Å². The lowest BCUT2D eigenvalue weighted by molar-refractivity contribution is 0.114. The quantitative estimate of drug-likeness (QED) is 0.656. The lowest BCUT2D eigenvalue weighted by Gasteiger charge is -2.42. The highest BCUT2D eigenvalue weighted by Gasteiger charge is 2.34. The average molecular weight is 378 g/mol. The van der Waals surface area contributed by atoms with Crippen LogP contribution < -0.4 is 15.9 Å². The van der Waals surface area contributed by atoms with Crippen LogP contribution in [-0.2, 0) is 13.1 Å². The van der Waals surface area contributed by atoms with E-state index in [0.29, 0.717) is 29.7 Å². The lowest BCUT2D eigenvalue weighted by Crippen LogP contribution is -2.46. The van der Waals surface area contributed by atoms with Crippen molar-refractivity contribution < 1.29 is 9.15 Å². The first kappa shape index (κ1) is 17.3. The van der Waals surface area contributed by atoms with Crippen LogP contribution in [0.25, 0.3) is 11.0 Å². The summed E-state index contributed by atoms with van der Waals surface area (Å²) in [5.74, 6) is 1.48.